The molecule has 1 aromatic heterocycles. The van der Waals surface area contributed by atoms with Crippen LogP contribution in [0.1, 0.15) is 45.1 Å². The molecule has 3 aromatic rings. The molecule has 0 aliphatic rings. The first-order chi connectivity index (χ1) is 14.7. The van der Waals surface area contributed by atoms with Crippen molar-refractivity contribution in [3.8, 4) is 22.5 Å². The Morgan fingerprint density at radius 1 is 1.00 bits per heavy atom. The highest BCUT2D eigenvalue weighted by atomic mass is 16.2. The smallest absolute Gasteiger partial charge is 0.317 e. The summed E-state index contributed by atoms with van der Waals surface area (Å²) in [4.78, 5) is 14.5. The van der Waals surface area contributed by atoms with Crippen LogP contribution in [0.5, 0.6) is 0 Å². The lowest BCUT2D eigenvalue weighted by atomic mass is 9.98. The van der Waals surface area contributed by atoms with E-state index in [1.807, 2.05) is 23.1 Å². The molecule has 0 unspecified atom stereocenters. The maximum absolute atomic E-state index is 12.6. The fraction of sp³-hybridized carbons (Fsp3) is 0.391. The first-order valence-electron chi connectivity index (χ1n) is 10.7. The molecule has 0 saturated heterocycles. The van der Waals surface area contributed by atoms with Gasteiger partial charge in [0.05, 0.1) is 0 Å². The topological polar surface area (TPSA) is 86.8 Å². The number of tetrazole rings is 1. The number of nitrogens with zero attached hydrogens (tertiary/aromatic N) is 4. The van der Waals surface area contributed by atoms with Crippen LogP contribution in [0.3, 0.4) is 0 Å². The van der Waals surface area contributed by atoms with E-state index >= 15 is 0 Å². The average Bonchev–Trinajstić information content (AvgIpc) is 3.32. The summed E-state index contributed by atoms with van der Waals surface area (Å²) < 4.78 is 0. The summed E-state index contributed by atoms with van der Waals surface area (Å²) in [5.74, 6) is 0.573. The number of unbranched alkanes of at least 4 members (excludes halogenated alkanes) is 2. The monoisotopic (exact) mass is 406 g/mol. The van der Waals surface area contributed by atoms with Crippen molar-refractivity contribution in [3.05, 3.63) is 54.1 Å². The number of urea groups is 1. The van der Waals surface area contributed by atoms with Crippen molar-refractivity contribution in [2.75, 3.05) is 13.1 Å². The maximum atomic E-state index is 12.6. The molecule has 7 nitrogen and oxygen atoms in total. The van der Waals surface area contributed by atoms with Crippen LogP contribution in [0, 0.1) is 0 Å². The van der Waals surface area contributed by atoms with Crippen LogP contribution in [-0.2, 0) is 6.54 Å². The summed E-state index contributed by atoms with van der Waals surface area (Å²) >= 11 is 0. The zero-order valence-corrected chi connectivity index (χ0v) is 17.8. The van der Waals surface area contributed by atoms with Crippen LogP contribution in [0.15, 0.2) is 48.5 Å². The van der Waals surface area contributed by atoms with Crippen molar-refractivity contribution >= 4 is 6.03 Å². The predicted octanol–water partition coefficient (Wildman–Crippen LogP) is 4.65. The second-order valence-corrected chi connectivity index (χ2v) is 7.34. The number of carbonyl (C=O) groups is 1. The largest absolute Gasteiger partial charge is 0.338 e. The zero-order chi connectivity index (χ0) is 21.2. The average molecular weight is 407 g/mol. The van der Waals surface area contributed by atoms with Crippen molar-refractivity contribution in [1.29, 1.82) is 0 Å². The van der Waals surface area contributed by atoms with Gasteiger partial charge in [-0.25, -0.2) is 4.79 Å². The van der Waals surface area contributed by atoms with Gasteiger partial charge in [0, 0.05) is 25.2 Å². The third-order valence-electron chi connectivity index (χ3n) is 5.03. The Bertz CT molecular complexity index is 908. The highest BCUT2D eigenvalue weighted by Crippen LogP contribution is 2.29. The molecule has 7 heteroatoms. The second-order valence-electron chi connectivity index (χ2n) is 7.34. The van der Waals surface area contributed by atoms with Crippen LogP contribution in [0.25, 0.3) is 22.5 Å². The minimum Gasteiger partial charge on any atom is -0.338 e. The Labute approximate surface area is 177 Å². The number of carbonyl (C=O) groups excluding carboxylic acids is 1. The number of hydrogen-bond donors (Lipinski definition) is 2. The van der Waals surface area contributed by atoms with Gasteiger partial charge in [-0.1, -0.05) is 75.2 Å². The molecule has 0 spiro atoms. The molecule has 0 radical (unpaired) electrons. The highest BCUT2D eigenvalue weighted by Gasteiger charge is 2.14. The fourth-order valence-electron chi connectivity index (χ4n) is 3.30. The number of rotatable bonds is 10. The molecule has 30 heavy (non-hydrogen) atoms. The number of aromatic amines is 1. The van der Waals surface area contributed by atoms with Gasteiger partial charge in [-0.3, -0.25) is 0 Å². The highest BCUT2D eigenvalue weighted by molar-refractivity contribution is 5.80. The Morgan fingerprint density at radius 3 is 2.40 bits per heavy atom. The van der Waals surface area contributed by atoms with E-state index in [9.17, 15) is 4.79 Å². The lowest BCUT2D eigenvalue weighted by molar-refractivity contribution is 0.194. The molecule has 0 aliphatic heterocycles. The molecule has 0 aliphatic carbocycles. The van der Waals surface area contributed by atoms with Gasteiger partial charge < -0.3 is 10.2 Å². The van der Waals surface area contributed by atoms with Crippen LogP contribution >= 0.6 is 0 Å². The fourth-order valence-corrected chi connectivity index (χ4v) is 3.30. The number of H-pyrrole nitrogens is 1. The molecule has 1 heterocycles. The van der Waals surface area contributed by atoms with Crippen molar-refractivity contribution < 1.29 is 4.79 Å². The Hall–Kier alpha value is -3.22. The summed E-state index contributed by atoms with van der Waals surface area (Å²) in [6.07, 6.45) is 4.13. The molecule has 2 N–H and O–H groups in total. The quantitative estimate of drug-likeness (QED) is 0.480. The van der Waals surface area contributed by atoms with Crippen LogP contribution in [0.2, 0.25) is 0 Å². The Balaban J connectivity index is 1.74. The molecule has 158 valence electrons. The van der Waals surface area contributed by atoms with Gasteiger partial charge in [-0.2, -0.15) is 5.21 Å². The molecule has 3 rings (SSSR count). The van der Waals surface area contributed by atoms with E-state index in [1.165, 1.54) is 0 Å². The van der Waals surface area contributed by atoms with Crippen molar-refractivity contribution in [1.82, 2.24) is 30.8 Å². The lowest BCUT2D eigenvalue weighted by Crippen LogP contribution is -2.40. The van der Waals surface area contributed by atoms with Gasteiger partial charge in [-0.15, -0.1) is 10.2 Å². The molecule has 2 amide bonds. The minimum absolute atomic E-state index is 0.0171. The molecule has 0 fully saturated rings. The van der Waals surface area contributed by atoms with Crippen LogP contribution in [-0.4, -0.2) is 44.6 Å². The zero-order valence-electron chi connectivity index (χ0n) is 17.8. The minimum atomic E-state index is 0.0171. The number of amides is 2. The van der Waals surface area contributed by atoms with Gasteiger partial charge >= 0.3 is 6.03 Å². The van der Waals surface area contributed by atoms with Gasteiger partial charge in [0.1, 0.15) is 0 Å². The maximum Gasteiger partial charge on any atom is 0.317 e. The molecular formula is C23H30N6O. The third-order valence-corrected chi connectivity index (χ3v) is 5.03. The van der Waals surface area contributed by atoms with E-state index in [-0.39, 0.29) is 6.03 Å². The van der Waals surface area contributed by atoms with E-state index in [1.54, 1.807) is 0 Å². The molecule has 0 bridgehead atoms. The third kappa shape index (κ3) is 5.65. The summed E-state index contributed by atoms with van der Waals surface area (Å²) in [5.41, 5.74) is 4.16. The number of nitrogens with one attached hydrogen (secondary N) is 2. The van der Waals surface area contributed by atoms with Gasteiger partial charge in [-0.05, 0) is 34.7 Å². The standard InChI is InChI=1S/C23H30N6O/c1-3-5-15-24-23(30)29(16-6-4-2)17-18-11-13-19(14-12-18)20-9-7-8-10-21(20)22-25-27-28-26-22/h7-14H,3-6,15-17H2,1-2H3,(H,24,30)(H,25,26,27,28). The first kappa shape index (κ1) is 21.5. The molecule has 0 atom stereocenters. The van der Waals surface area contributed by atoms with E-state index < -0.39 is 0 Å². The first-order valence-corrected chi connectivity index (χ1v) is 10.7. The van der Waals surface area contributed by atoms with Crippen LogP contribution < -0.4 is 5.32 Å². The van der Waals surface area contributed by atoms with Gasteiger partial charge in [0.2, 0.25) is 5.82 Å². The van der Waals surface area contributed by atoms with Crippen molar-refractivity contribution in [3.63, 3.8) is 0 Å². The Morgan fingerprint density at radius 2 is 1.73 bits per heavy atom. The van der Waals surface area contributed by atoms with Crippen molar-refractivity contribution in [2.24, 2.45) is 0 Å². The van der Waals surface area contributed by atoms with Crippen molar-refractivity contribution in [2.45, 2.75) is 46.1 Å². The molecule has 2 aromatic carbocycles. The summed E-state index contributed by atoms with van der Waals surface area (Å²) in [6, 6.07) is 16.4. The summed E-state index contributed by atoms with van der Waals surface area (Å²) in [5, 5.41) is 17.4. The van der Waals surface area contributed by atoms with E-state index in [4.69, 9.17) is 0 Å². The second kappa shape index (κ2) is 11.1. The number of hydrogen-bond acceptors (Lipinski definition) is 4. The summed E-state index contributed by atoms with van der Waals surface area (Å²) in [6.45, 7) is 6.36. The Kier molecular flexibility index (Phi) is 7.94. The van der Waals surface area contributed by atoms with Crippen LogP contribution in [0.4, 0.5) is 4.79 Å². The van der Waals surface area contributed by atoms with Gasteiger partial charge in [0.15, 0.2) is 0 Å². The number of benzene rings is 2. The number of aromatic nitrogens is 4. The van der Waals surface area contributed by atoms with Gasteiger partial charge in [0.25, 0.3) is 0 Å². The predicted molar refractivity (Wildman–Crippen MR) is 119 cm³/mol. The molecular weight excluding hydrogens is 376 g/mol. The SMILES string of the molecule is CCCCNC(=O)N(CCCC)Cc1ccc(-c2ccccc2-c2nn[nH]n2)cc1. The van der Waals surface area contributed by atoms with E-state index in [2.05, 4.69) is 70.1 Å². The normalized spacial score (nSPS) is 10.7. The van der Waals surface area contributed by atoms with E-state index in [0.29, 0.717) is 12.4 Å². The molecule has 0 saturated carbocycles. The van der Waals surface area contributed by atoms with E-state index in [0.717, 1.165) is 61.0 Å². The lowest BCUT2D eigenvalue weighted by Gasteiger charge is -2.23. The summed E-state index contributed by atoms with van der Waals surface area (Å²) in [7, 11) is 0.